The minimum atomic E-state index is -0.455. The molecule has 0 saturated carbocycles. The fourth-order valence-electron chi connectivity index (χ4n) is 1.30. The molecule has 1 unspecified atom stereocenters. The van der Waals surface area contributed by atoms with Gasteiger partial charge in [0.25, 0.3) is 0 Å². The lowest BCUT2D eigenvalue weighted by atomic mass is 10.3. The number of nitrogens with one attached hydrogen (secondary N) is 1. The van der Waals surface area contributed by atoms with Crippen LogP contribution in [0, 0.1) is 0 Å². The maximum Gasteiger partial charge on any atom is 0.341 e. The number of furan rings is 1. The summed E-state index contributed by atoms with van der Waals surface area (Å²) in [5, 5.41) is 2.93. The fraction of sp³-hybridized carbons (Fsp3) is 0.500. The second-order valence-electron chi connectivity index (χ2n) is 3.65. The molecule has 0 radical (unpaired) electrons. The van der Waals surface area contributed by atoms with E-state index in [1.165, 1.54) is 13.4 Å². The minimum Gasteiger partial charge on any atom is -0.467 e. The molecule has 1 aromatic heterocycles. The molecule has 6 heteroatoms. The van der Waals surface area contributed by atoms with Crippen LogP contribution in [-0.4, -0.2) is 31.7 Å². The highest BCUT2D eigenvalue weighted by Gasteiger charge is 2.15. The Morgan fingerprint density at radius 2 is 2.22 bits per heavy atom. The molecular formula is C12H17NO5. The summed E-state index contributed by atoms with van der Waals surface area (Å²) in [6.45, 7) is 4.12. The molecule has 0 aliphatic heterocycles. The molecule has 6 nitrogen and oxygen atoms in total. The number of rotatable bonds is 6. The van der Waals surface area contributed by atoms with Crippen LogP contribution in [0.3, 0.4) is 0 Å². The number of ether oxygens (including phenoxy) is 2. The molecule has 0 spiro atoms. The number of carbonyl (C=O) groups excluding carboxylic acids is 2. The normalized spacial score (nSPS) is 11.9. The van der Waals surface area contributed by atoms with E-state index in [1.807, 2.05) is 0 Å². The molecule has 0 aliphatic rings. The van der Waals surface area contributed by atoms with Gasteiger partial charge in [-0.25, -0.2) is 4.79 Å². The Morgan fingerprint density at radius 1 is 1.50 bits per heavy atom. The van der Waals surface area contributed by atoms with Crippen molar-refractivity contribution in [3.8, 4) is 0 Å². The summed E-state index contributed by atoms with van der Waals surface area (Å²) < 4.78 is 14.6. The lowest BCUT2D eigenvalue weighted by Gasteiger charge is -2.10. The first kappa shape index (κ1) is 14.2. The molecule has 0 saturated heterocycles. The fourth-order valence-corrected chi connectivity index (χ4v) is 1.30. The van der Waals surface area contributed by atoms with Crippen molar-refractivity contribution in [3.63, 3.8) is 0 Å². The van der Waals surface area contributed by atoms with Gasteiger partial charge in [0.05, 0.1) is 25.8 Å². The third kappa shape index (κ3) is 3.89. The Hall–Kier alpha value is -1.82. The van der Waals surface area contributed by atoms with Crippen LogP contribution in [0.5, 0.6) is 0 Å². The third-order valence-corrected chi connectivity index (χ3v) is 2.30. The van der Waals surface area contributed by atoms with E-state index in [2.05, 4.69) is 10.1 Å². The summed E-state index contributed by atoms with van der Waals surface area (Å²) >= 11 is 0. The molecule has 18 heavy (non-hydrogen) atoms. The topological polar surface area (TPSA) is 77.8 Å². The Kier molecular flexibility index (Phi) is 5.38. The van der Waals surface area contributed by atoms with Crippen molar-refractivity contribution in [3.05, 3.63) is 23.7 Å². The Morgan fingerprint density at radius 3 is 2.83 bits per heavy atom. The molecule has 1 atom stereocenters. The van der Waals surface area contributed by atoms with Crippen molar-refractivity contribution in [2.24, 2.45) is 0 Å². The van der Waals surface area contributed by atoms with E-state index in [4.69, 9.17) is 9.15 Å². The van der Waals surface area contributed by atoms with Gasteiger partial charge in [-0.15, -0.1) is 0 Å². The molecule has 1 heterocycles. The van der Waals surface area contributed by atoms with E-state index >= 15 is 0 Å². The SMILES string of the molecule is CCOC(=O)C(C)NCc1cc(C(=O)OC)co1. The van der Waals surface area contributed by atoms with Gasteiger partial charge in [0.1, 0.15) is 18.1 Å². The highest BCUT2D eigenvalue weighted by Crippen LogP contribution is 2.09. The molecule has 1 aromatic rings. The van der Waals surface area contributed by atoms with Gasteiger partial charge < -0.3 is 13.9 Å². The lowest BCUT2D eigenvalue weighted by Crippen LogP contribution is -2.34. The summed E-state index contributed by atoms with van der Waals surface area (Å²) in [6, 6.07) is 1.13. The smallest absolute Gasteiger partial charge is 0.341 e. The average Bonchev–Trinajstić information content (AvgIpc) is 2.84. The highest BCUT2D eigenvalue weighted by molar-refractivity contribution is 5.88. The van der Waals surface area contributed by atoms with Crippen LogP contribution in [-0.2, 0) is 20.8 Å². The summed E-state index contributed by atoms with van der Waals surface area (Å²) in [6.07, 6.45) is 1.32. The Balaban J connectivity index is 2.46. The summed E-state index contributed by atoms with van der Waals surface area (Å²) in [5.41, 5.74) is 0.345. The van der Waals surface area contributed by atoms with Crippen LogP contribution in [0.2, 0.25) is 0 Å². The van der Waals surface area contributed by atoms with E-state index in [-0.39, 0.29) is 5.97 Å². The zero-order valence-electron chi connectivity index (χ0n) is 10.7. The van der Waals surface area contributed by atoms with Gasteiger partial charge in [0.15, 0.2) is 0 Å². The summed E-state index contributed by atoms with van der Waals surface area (Å²) in [5.74, 6) is -0.229. The van der Waals surface area contributed by atoms with Gasteiger partial charge >= 0.3 is 11.9 Å². The number of hydrogen-bond donors (Lipinski definition) is 1. The van der Waals surface area contributed by atoms with Crippen molar-refractivity contribution < 1.29 is 23.5 Å². The molecule has 0 fully saturated rings. The van der Waals surface area contributed by atoms with E-state index in [1.54, 1.807) is 19.9 Å². The van der Waals surface area contributed by atoms with E-state index in [0.717, 1.165) is 0 Å². The van der Waals surface area contributed by atoms with Crippen molar-refractivity contribution in [2.45, 2.75) is 26.4 Å². The van der Waals surface area contributed by atoms with Gasteiger partial charge in [-0.2, -0.15) is 0 Å². The second kappa shape index (κ2) is 6.80. The maximum absolute atomic E-state index is 11.3. The average molecular weight is 255 g/mol. The van der Waals surface area contributed by atoms with Gasteiger partial charge in [-0.3, -0.25) is 10.1 Å². The Labute approximate surface area is 105 Å². The van der Waals surface area contributed by atoms with Crippen molar-refractivity contribution in [2.75, 3.05) is 13.7 Å². The molecule has 0 amide bonds. The van der Waals surface area contributed by atoms with E-state index in [9.17, 15) is 9.59 Å². The zero-order valence-corrected chi connectivity index (χ0v) is 10.7. The number of carbonyl (C=O) groups is 2. The van der Waals surface area contributed by atoms with Crippen LogP contribution in [0.1, 0.15) is 30.0 Å². The van der Waals surface area contributed by atoms with Gasteiger partial charge in [0.2, 0.25) is 0 Å². The minimum absolute atomic E-state index is 0.322. The first-order chi connectivity index (χ1) is 8.58. The van der Waals surface area contributed by atoms with Crippen LogP contribution in [0.15, 0.2) is 16.7 Å². The summed E-state index contributed by atoms with van der Waals surface area (Å²) in [4.78, 5) is 22.5. The molecule has 0 aromatic carbocycles. The van der Waals surface area contributed by atoms with Gasteiger partial charge in [0, 0.05) is 0 Å². The van der Waals surface area contributed by atoms with Gasteiger partial charge in [-0.1, -0.05) is 0 Å². The third-order valence-electron chi connectivity index (χ3n) is 2.30. The number of esters is 2. The maximum atomic E-state index is 11.3. The van der Waals surface area contributed by atoms with Crippen LogP contribution < -0.4 is 5.32 Å². The number of hydrogen-bond acceptors (Lipinski definition) is 6. The Bertz CT molecular complexity index is 412. The molecule has 0 aliphatic carbocycles. The monoisotopic (exact) mass is 255 g/mol. The van der Waals surface area contributed by atoms with Crippen molar-refractivity contribution in [1.82, 2.24) is 5.32 Å². The predicted molar refractivity (Wildman–Crippen MR) is 63.0 cm³/mol. The summed E-state index contributed by atoms with van der Waals surface area (Å²) in [7, 11) is 1.30. The van der Waals surface area contributed by atoms with Crippen LogP contribution in [0.4, 0.5) is 0 Å². The van der Waals surface area contributed by atoms with Gasteiger partial charge in [-0.05, 0) is 19.9 Å². The predicted octanol–water partition coefficient (Wildman–Crippen LogP) is 1.11. The zero-order chi connectivity index (χ0) is 13.5. The molecule has 1 rings (SSSR count). The second-order valence-corrected chi connectivity index (χ2v) is 3.65. The van der Waals surface area contributed by atoms with E-state index < -0.39 is 12.0 Å². The highest BCUT2D eigenvalue weighted by atomic mass is 16.5. The standard InChI is InChI=1S/C12H17NO5/c1-4-17-11(14)8(2)13-6-10-5-9(7-18-10)12(15)16-3/h5,7-8,13H,4,6H2,1-3H3. The van der Waals surface area contributed by atoms with Crippen molar-refractivity contribution >= 4 is 11.9 Å². The quantitative estimate of drug-likeness (QED) is 0.767. The molecule has 0 bridgehead atoms. The van der Waals surface area contributed by atoms with Crippen molar-refractivity contribution in [1.29, 1.82) is 0 Å². The van der Waals surface area contributed by atoms with Crippen LogP contribution in [0.25, 0.3) is 0 Å². The first-order valence-electron chi connectivity index (χ1n) is 5.64. The molecular weight excluding hydrogens is 238 g/mol. The van der Waals surface area contributed by atoms with Crippen LogP contribution >= 0.6 is 0 Å². The lowest BCUT2D eigenvalue weighted by molar-refractivity contribution is -0.145. The largest absolute Gasteiger partial charge is 0.467 e. The molecule has 1 N–H and O–H groups in total. The van der Waals surface area contributed by atoms with E-state index in [0.29, 0.717) is 24.5 Å². The first-order valence-corrected chi connectivity index (χ1v) is 5.64. The number of methoxy groups -OCH3 is 1. The molecule has 100 valence electrons.